The first kappa shape index (κ1) is 12.0. The third kappa shape index (κ3) is 3.61. The van der Waals surface area contributed by atoms with Gasteiger partial charge in [0.05, 0.1) is 6.42 Å². The van der Waals surface area contributed by atoms with Crippen LogP contribution in [0.1, 0.15) is 12.5 Å². The fourth-order valence-corrected chi connectivity index (χ4v) is 1.15. The molecule has 3 N–H and O–H groups in total. The molecule has 0 heterocycles. The molecule has 1 aromatic carbocycles. The van der Waals surface area contributed by atoms with Gasteiger partial charge in [0.15, 0.2) is 0 Å². The predicted octanol–water partition coefficient (Wildman–Crippen LogP) is 0.524. The number of nitrogens with one attached hydrogen (secondary N) is 1. The van der Waals surface area contributed by atoms with Crippen LogP contribution in [0.15, 0.2) is 24.3 Å². The number of hydrogen-bond acceptors (Lipinski definition) is 3. The highest BCUT2D eigenvalue weighted by atomic mass is 16.4. The second-order valence-corrected chi connectivity index (χ2v) is 3.47. The first-order valence-electron chi connectivity index (χ1n) is 4.79. The summed E-state index contributed by atoms with van der Waals surface area (Å²) in [7, 11) is 0. The number of hydrogen-bond donors (Lipinski definition) is 3. The molecule has 5 nitrogen and oxygen atoms in total. The van der Waals surface area contributed by atoms with Crippen molar-refractivity contribution in [3.8, 4) is 5.75 Å². The fraction of sp³-hybridized carbons (Fsp3) is 0.273. The number of rotatable bonds is 4. The Morgan fingerprint density at radius 2 is 1.88 bits per heavy atom. The molecule has 0 aliphatic heterocycles. The first-order valence-corrected chi connectivity index (χ1v) is 4.79. The smallest absolute Gasteiger partial charge is 0.325 e. The van der Waals surface area contributed by atoms with Crippen LogP contribution in [0.5, 0.6) is 5.75 Å². The van der Waals surface area contributed by atoms with Crippen molar-refractivity contribution in [2.24, 2.45) is 0 Å². The summed E-state index contributed by atoms with van der Waals surface area (Å²) in [6, 6.07) is 5.28. The summed E-state index contributed by atoms with van der Waals surface area (Å²) in [6.07, 6.45) is 0.0951. The summed E-state index contributed by atoms with van der Waals surface area (Å²) < 4.78 is 0. The molecule has 0 fully saturated rings. The van der Waals surface area contributed by atoms with Gasteiger partial charge in [-0.3, -0.25) is 9.59 Å². The Balaban J connectivity index is 2.52. The number of phenolic OH excluding ortho intramolecular Hbond substituents is 1. The minimum absolute atomic E-state index is 0.0951. The number of aliphatic carboxylic acids is 1. The number of aromatic hydroxyl groups is 1. The lowest BCUT2D eigenvalue weighted by molar-refractivity contribution is -0.141. The van der Waals surface area contributed by atoms with Gasteiger partial charge >= 0.3 is 5.97 Å². The lowest BCUT2D eigenvalue weighted by Gasteiger charge is -2.08. The van der Waals surface area contributed by atoms with Crippen LogP contribution in [0.4, 0.5) is 0 Å². The Morgan fingerprint density at radius 3 is 2.38 bits per heavy atom. The van der Waals surface area contributed by atoms with Gasteiger partial charge in [-0.15, -0.1) is 0 Å². The molecule has 16 heavy (non-hydrogen) atoms. The Hall–Kier alpha value is -2.04. The Bertz CT molecular complexity index is 385. The van der Waals surface area contributed by atoms with Crippen LogP contribution in [0.3, 0.4) is 0 Å². The lowest BCUT2D eigenvalue weighted by atomic mass is 10.1. The SMILES string of the molecule is C[C@H](NC(=O)Cc1ccc(O)cc1)C(=O)O. The molecule has 0 spiro atoms. The topological polar surface area (TPSA) is 86.6 Å². The molecule has 5 heteroatoms. The quantitative estimate of drug-likeness (QED) is 0.694. The van der Waals surface area contributed by atoms with E-state index in [4.69, 9.17) is 10.2 Å². The van der Waals surface area contributed by atoms with Crippen LogP contribution in [0.25, 0.3) is 0 Å². The van der Waals surface area contributed by atoms with Gasteiger partial charge < -0.3 is 15.5 Å². The number of carboxylic acids is 1. The third-order valence-electron chi connectivity index (χ3n) is 2.05. The molecule has 0 aliphatic carbocycles. The van der Waals surface area contributed by atoms with Crippen LogP contribution in [0, 0.1) is 0 Å². The molecule has 1 amide bonds. The van der Waals surface area contributed by atoms with Gasteiger partial charge in [-0.1, -0.05) is 12.1 Å². The minimum Gasteiger partial charge on any atom is -0.508 e. The Kier molecular flexibility index (Phi) is 3.88. The average Bonchev–Trinajstić information content (AvgIpc) is 2.21. The van der Waals surface area contributed by atoms with Gasteiger partial charge in [0.2, 0.25) is 5.91 Å². The lowest BCUT2D eigenvalue weighted by Crippen LogP contribution is -2.39. The van der Waals surface area contributed by atoms with E-state index in [2.05, 4.69) is 5.32 Å². The molecule has 1 atom stereocenters. The summed E-state index contributed by atoms with van der Waals surface area (Å²) in [5.41, 5.74) is 0.716. The largest absolute Gasteiger partial charge is 0.508 e. The van der Waals surface area contributed by atoms with Crippen molar-refractivity contribution in [2.45, 2.75) is 19.4 Å². The zero-order chi connectivity index (χ0) is 12.1. The van der Waals surface area contributed by atoms with Crippen molar-refractivity contribution in [2.75, 3.05) is 0 Å². The monoisotopic (exact) mass is 223 g/mol. The number of phenols is 1. The molecular formula is C11H13NO4. The minimum atomic E-state index is -1.07. The van der Waals surface area contributed by atoms with Gasteiger partial charge in [-0.25, -0.2) is 0 Å². The maximum absolute atomic E-state index is 11.4. The number of carbonyl (C=O) groups is 2. The van der Waals surface area contributed by atoms with Gasteiger partial charge in [0.1, 0.15) is 11.8 Å². The van der Waals surface area contributed by atoms with Crippen LogP contribution < -0.4 is 5.32 Å². The van der Waals surface area contributed by atoms with E-state index in [1.807, 2.05) is 0 Å². The van der Waals surface area contributed by atoms with Gasteiger partial charge in [-0.2, -0.15) is 0 Å². The molecule has 0 saturated carbocycles. The maximum atomic E-state index is 11.4. The van der Waals surface area contributed by atoms with Crippen molar-refractivity contribution in [3.63, 3.8) is 0 Å². The summed E-state index contributed by atoms with van der Waals surface area (Å²) >= 11 is 0. The molecule has 0 bridgehead atoms. The molecule has 0 unspecified atom stereocenters. The fourth-order valence-electron chi connectivity index (χ4n) is 1.15. The predicted molar refractivity (Wildman–Crippen MR) is 57.1 cm³/mol. The van der Waals surface area contributed by atoms with E-state index in [1.54, 1.807) is 12.1 Å². The summed E-state index contributed by atoms with van der Waals surface area (Å²) in [5.74, 6) is -1.30. The molecule has 1 aromatic rings. The highest BCUT2D eigenvalue weighted by molar-refractivity contribution is 5.84. The second kappa shape index (κ2) is 5.16. The van der Waals surface area contributed by atoms with Crippen LogP contribution in [-0.4, -0.2) is 28.1 Å². The standard InChI is InChI=1S/C11H13NO4/c1-7(11(15)16)12-10(14)6-8-2-4-9(13)5-3-8/h2-5,7,13H,6H2,1H3,(H,12,14)(H,15,16)/t7-/m0/s1. The van der Waals surface area contributed by atoms with Gasteiger partial charge in [-0.05, 0) is 24.6 Å². The third-order valence-corrected chi connectivity index (χ3v) is 2.05. The highest BCUT2D eigenvalue weighted by Gasteiger charge is 2.13. The average molecular weight is 223 g/mol. The number of carbonyl (C=O) groups excluding carboxylic acids is 1. The number of benzene rings is 1. The Labute approximate surface area is 92.7 Å². The van der Waals surface area contributed by atoms with Gasteiger partial charge in [0.25, 0.3) is 0 Å². The number of carboxylic acid groups (broad SMARTS) is 1. The molecule has 1 rings (SSSR count). The highest BCUT2D eigenvalue weighted by Crippen LogP contribution is 2.09. The van der Waals surface area contributed by atoms with Gasteiger partial charge in [0, 0.05) is 0 Å². The molecule has 0 aliphatic rings. The maximum Gasteiger partial charge on any atom is 0.325 e. The zero-order valence-corrected chi connectivity index (χ0v) is 8.80. The van der Waals surface area contributed by atoms with E-state index in [-0.39, 0.29) is 18.1 Å². The van der Waals surface area contributed by atoms with Crippen molar-refractivity contribution < 1.29 is 19.8 Å². The summed E-state index contributed by atoms with van der Waals surface area (Å²) in [6.45, 7) is 1.40. The van der Waals surface area contributed by atoms with Crippen LogP contribution in [0.2, 0.25) is 0 Å². The van der Waals surface area contributed by atoms with Crippen molar-refractivity contribution >= 4 is 11.9 Å². The van der Waals surface area contributed by atoms with E-state index >= 15 is 0 Å². The van der Waals surface area contributed by atoms with E-state index < -0.39 is 12.0 Å². The van der Waals surface area contributed by atoms with Crippen molar-refractivity contribution in [1.82, 2.24) is 5.32 Å². The molecule has 0 radical (unpaired) electrons. The molecular weight excluding hydrogens is 210 g/mol. The zero-order valence-electron chi connectivity index (χ0n) is 8.80. The number of amides is 1. The Morgan fingerprint density at radius 1 is 1.31 bits per heavy atom. The van der Waals surface area contributed by atoms with Crippen molar-refractivity contribution in [1.29, 1.82) is 0 Å². The van der Waals surface area contributed by atoms with E-state index in [1.165, 1.54) is 19.1 Å². The molecule has 0 saturated heterocycles. The van der Waals surface area contributed by atoms with Crippen LogP contribution in [-0.2, 0) is 16.0 Å². The summed E-state index contributed by atoms with van der Waals surface area (Å²) in [4.78, 5) is 21.9. The first-order chi connectivity index (χ1) is 7.49. The summed E-state index contributed by atoms with van der Waals surface area (Å²) in [5, 5.41) is 20.0. The second-order valence-electron chi connectivity index (χ2n) is 3.47. The molecule has 86 valence electrons. The molecule has 0 aromatic heterocycles. The van der Waals surface area contributed by atoms with E-state index in [9.17, 15) is 9.59 Å². The normalized spacial score (nSPS) is 11.8. The van der Waals surface area contributed by atoms with Crippen LogP contribution >= 0.6 is 0 Å². The van der Waals surface area contributed by atoms with E-state index in [0.717, 1.165) is 0 Å². The van der Waals surface area contributed by atoms with Crippen molar-refractivity contribution in [3.05, 3.63) is 29.8 Å². The van der Waals surface area contributed by atoms with E-state index in [0.29, 0.717) is 5.56 Å².